The summed E-state index contributed by atoms with van der Waals surface area (Å²) in [6.07, 6.45) is -0.0375. The Morgan fingerprint density at radius 1 is 1.33 bits per heavy atom. The molecule has 1 aromatic rings. The Morgan fingerprint density at radius 3 is 2.57 bits per heavy atom. The molecule has 0 saturated carbocycles. The third kappa shape index (κ3) is 5.27. The number of benzene rings is 1. The maximum atomic E-state index is 12.0. The minimum Gasteiger partial charge on any atom is -0.449 e. The molecular weight excluding hydrogens is 292 g/mol. The molecule has 5 nitrogen and oxygen atoms in total. The summed E-state index contributed by atoms with van der Waals surface area (Å²) in [5.41, 5.74) is 6.01. The molecule has 0 aliphatic heterocycles. The van der Waals surface area contributed by atoms with Gasteiger partial charge < -0.3 is 15.8 Å². The molecule has 1 atom stereocenters. The molecular formula is C15H21ClN2O3. The monoisotopic (exact) mass is 312 g/mol. The largest absolute Gasteiger partial charge is 0.449 e. The van der Waals surface area contributed by atoms with Crippen LogP contribution in [0, 0.1) is 5.92 Å². The van der Waals surface area contributed by atoms with E-state index in [2.05, 4.69) is 19.2 Å². The van der Waals surface area contributed by atoms with E-state index in [0.29, 0.717) is 12.5 Å². The van der Waals surface area contributed by atoms with Crippen LogP contribution in [0.4, 0.5) is 5.69 Å². The first-order valence-electron chi connectivity index (χ1n) is 6.85. The van der Waals surface area contributed by atoms with E-state index in [1.807, 2.05) is 0 Å². The molecule has 3 N–H and O–H groups in total. The third-order valence-corrected chi connectivity index (χ3v) is 3.24. The summed E-state index contributed by atoms with van der Waals surface area (Å²) in [5, 5.41) is 2.92. The molecule has 0 spiro atoms. The van der Waals surface area contributed by atoms with Crippen LogP contribution in [0.5, 0.6) is 0 Å². The Morgan fingerprint density at radius 2 is 2.00 bits per heavy atom. The number of esters is 1. The van der Waals surface area contributed by atoms with Gasteiger partial charge in [0.15, 0.2) is 6.10 Å². The summed E-state index contributed by atoms with van der Waals surface area (Å²) in [5.74, 6) is -0.551. The van der Waals surface area contributed by atoms with E-state index in [1.165, 1.54) is 6.92 Å². The summed E-state index contributed by atoms with van der Waals surface area (Å²) < 4.78 is 5.10. The van der Waals surface area contributed by atoms with Crippen molar-refractivity contribution in [3.8, 4) is 0 Å². The van der Waals surface area contributed by atoms with E-state index in [9.17, 15) is 9.59 Å². The molecule has 0 aromatic heterocycles. The first kappa shape index (κ1) is 17.3. The summed E-state index contributed by atoms with van der Waals surface area (Å²) in [6, 6.07) is 4.73. The van der Waals surface area contributed by atoms with Crippen molar-refractivity contribution in [1.29, 1.82) is 0 Å². The van der Waals surface area contributed by atoms with Gasteiger partial charge in [-0.2, -0.15) is 0 Å². The molecule has 1 amide bonds. The average Bonchev–Trinajstić information content (AvgIpc) is 2.37. The Bertz CT molecular complexity index is 497. The van der Waals surface area contributed by atoms with Crippen molar-refractivity contribution < 1.29 is 14.3 Å². The molecule has 0 aliphatic rings. The van der Waals surface area contributed by atoms with E-state index in [4.69, 9.17) is 22.1 Å². The second kappa shape index (κ2) is 7.88. The van der Waals surface area contributed by atoms with Crippen molar-refractivity contribution in [3.05, 3.63) is 28.8 Å². The number of hydrogen-bond donors (Lipinski definition) is 2. The highest BCUT2D eigenvalue weighted by Gasteiger charge is 2.22. The molecule has 1 rings (SSSR count). The standard InChI is InChI=1S/C15H21ClN2O3/c1-9(2)7-8-18-14(19)10(3)21-15(20)13-11(16)5-4-6-12(13)17/h4-6,9-10H,7-8,17H2,1-3H3,(H,18,19). The zero-order valence-corrected chi connectivity index (χ0v) is 13.2. The predicted octanol–water partition coefficient (Wildman–Crippen LogP) is 2.63. The fourth-order valence-corrected chi connectivity index (χ4v) is 1.92. The van der Waals surface area contributed by atoms with Gasteiger partial charge in [0.25, 0.3) is 5.91 Å². The average molecular weight is 313 g/mol. The van der Waals surface area contributed by atoms with Crippen molar-refractivity contribution >= 4 is 29.2 Å². The number of amides is 1. The van der Waals surface area contributed by atoms with Gasteiger partial charge >= 0.3 is 5.97 Å². The van der Waals surface area contributed by atoms with Crippen LogP contribution in [0.25, 0.3) is 0 Å². The summed E-state index contributed by atoms with van der Waals surface area (Å²) in [4.78, 5) is 23.8. The topological polar surface area (TPSA) is 81.4 Å². The van der Waals surface area contributed by atoms with Gasteiger partial charge in [0.2, 0.25) is 0 Å². The van der Waals surface area contributed by atoms with Gasteiger partial charge in [-0.25, -0.2) is 4.79 Å². The molecule has 116 valence electrons. The number of carbonyl (C=O) groups is 2. The quantitative estimate of drug-likeness (QED) is 0.625. The van der Waals surface area contributed by atoms with Crippen LogP contribution in [0.1, 0.15) is 37.6 Å². The molecule has 6 heteroatoms. The van der Waals surface area contributed by atoms with Gasteiger partial charge in [-0.05, 0) is 31.4 Å². The van der Waals surface area contributed by atoms with Crippen molar-refractivity contribution in [2.75, 3.05) is 12.3 Å². The van der Waals surface area contributed by atoms with Crippen molar-refractivity contribution in [2.45, 2.75) is 33.3 Å². The minimum atomic E-state index is -0.902. The van der Waals surface area contributed by atoms with Gasteiger partial charge in [-0.15, -0.1) is 0 Å². The van der Waals surface area contributed by atoms with Crippen molar-refractivity contribution in [1.82, 2.24) is 5.32 Å². The molecule has 1 unspecified atom stereocenters. The van der Waals surface area contributed by atoms with Crippen molar-refractivity contribution in [3.63, 3.8) is 0 Å². The number of nitrogens with one attached hydrogen (secondary N) is 1. The zero-order valence-electron chi connectivity index (χ0n) is 12.5. The number of anilines is 1. The lowest BCUT2D eigenvalue weighted by Crippen LogP contribution is -2.36. The number of nitrogen functional groups attached to an aromatic ring is 1. The van der Waals surface area contributed by atoms with E-state index < -0.39 is 12.1 Å². The Kier molecular flexibility index (Phi) is 6.49. The van der Waals surface area contributed by atoms with E-state index in [1.54, 1.807) is 18.2 Å². The first-order chi connectivity index (χ1) is 9.82. The number of carbonyl (C=O) groups excluding carboxylic acids is 2. The minimum absolute atomic E-state index is 0.0843. The lowest BCUT2D eigenvalue weighted by Gasteiger charge is -2.15. The molecule has 0 fully saturated rings. The van der Waals surface area contributed by atoms with Crippen molar-refractivity contribution in [2.24, 2.45) is 5.92 Å². The SMILES string of the molecule is CC(C)CCNC(=O)C(C)OC(=O)c1c(N)cccc1Cl. The van der Waals surface area contributed by atoms with Crippen LogP contribution in [0.15, 0.2) is 18.2 Å². The lowest BCUT2D eigenvalue weighted by atomic mass is 10.1. The molecule has 0 heterocycles. The maximum absolute atomic E-state index is 12.0. The normalized spacial score (nSPS) is 12.0. The van der Waals surface area contributed by atoms with Gasteiger partial charge in [-0.3, -0.25) is 4.79 Å². The maximum Gasteiger partial charge on any atom is 0.342 e. The molecule has 21 heavy (non-hydrogen) atoms. The van der Waals surface area contributed by atoms with Gasteiger partial charge in [0.1, 0.15) is 5.56 Å². The Hall–Kier alpha value is -1.75. The van der Waals surface area contributed by atoms with Gasteiger partial charge in [-0.1, -0.05) is 31.5 Å². The summed E-state index contributed by atoms with van der Waals surface area (Å²) in [7, 11) is 0. The smallest absolute Gasteiger partial charge is 0.342 e. The fourth-order valence-electron chi connectivity index (χ4n) is 1.66. The summed E-state index contributed by atoms with van der Waals surface area (Å²) in [6.45, 7) is 6.19. The first-order valence-corrected chi connectivity index (χ1v) is 7.23. The number of ether oxygens (including phenoxy) is 1. The number of rotatable bonds is 6. The number of hydrogen-bond acceptors (Lipinski definition) is 4. The molecule has 0 aliphatic carbocycles. The van der Waals surface area contributed by atoms with E-state index in [-0.39, 0.29) is 22.2 Å². The molecule has 1 aromatic carbocycles. The highest BCUT2D eigenvalue weighted by atomic mass is 35.5. The Balaban J connectivity index is 2.60. The highest BCUT2D eigenvalue weighted by molar-refractivity contribution is 6.34. The lowest BCUT2D eigenvalue weighted by molar-refractivity contribution is -0.129. The van der Waals surface area contributed by atoms with Crippen LogP contribution < -0.4 is 11.1 Å². The molecule has 0 bridgehead atoms. The van der Waals surface area contributed by atoms with E-state index in [0.717, 1.165) is 6.42 Å². The van der Waals surface area contributed by atoms with Gasteiger partial charge in [0, 0.05) is 12.2 Å². The number of nitrogens with two attached hydrogens (primary N) is 1. The van der Waals surface area contributed by atoms with Gasteiger partial charge in [0.05, 0.1) is 5.02 Å². The van der Waals surface area contributed by atoms with Crippen LogP contribution in [0.3, 0.4) is 0 Å². The fraction of sp³-hybridized carbons (Fsp3) is 0.467. The number of halogens is 1. The predicted molar refractivity (Wildman–Crippen MR) is 83.2 cm³/mol. The highest BCUT2D eigenvalue weighted by Crippen LogP contribution is 2.23. The van der Waals surface area contributed by atoms with Crippen LogP contribution >= 0.6 is 11.6 Å². The zero-order chi connectivity index (χ0) is 16.0. The molecule has 0 saturated heterocycles. The molecule has 0 radical (unpaired) electrons. The van der Waals surface area contributed by atoms with Crippen LogP contribution in [-0.2, 0) is 9.53 Å². The second-order valence-corrected chi connectivity index (χ2v) is 5.63. The van der Waals surface area contributed by atoms with Crippen LogP contribution in [-0.4, -0.2) is 24.5 Å². The third-order valence-electron chi connectivity index (χ3n) is 2.92. The van der Waals surface area contributed by atoms with E-state index >= 15 is 0 Å². The Labute approximate surface area is 129 Å². The van der Waals surface area contributed by atoms with Crippen LogP contribution in [0.2, 0.25) is 5.02 Å². The summed E-state index contributed by atoms with van der Waals surface area (Å²) >= 11 is 5.92. The second-order valence-electron chi connectivity index (χ2n) is 5.23.